The van der Waals surface area contributed by atoms with E-state index in [0.717, 1.165) is 24.3 Å². The van der Waals surface area contributed by atoms with Crippen LogP contribution in [0.4, 0.5) is 26.3 Å². The zero-order valence-electron chi connectivity index (χ0n) is 16.1. The van der Waals surface area contributed by atoms with Crippen LogP contribution in [0.1, 0.15) is 11.1 Å². The van der Waals surface area contributed by atoms with E-state index in [9.17, 15) is 31.1 Å². The maximum absolute atomic E-state index is 13.0. The van der Waals surface area contributed by atoms with Crippen LogP contribution in [0.15, 0.2) is 71.5 Å². The van der Waals surface area contributed by atoms with E-state index < -0.39 is 23.8 Å². The van der Waals surface area contributed by atoms with Gasteiger partial charge in [-0.1, -0.05) is 30.3 Å². The van der Waals surface area contributed by atoms with Crippen LogP contribution in [-0.4, -0.2) is 15.9 Å². The van der Waals surface area contributed by atoms with Gasteiger partial charge in [0.25, 0.3) is 0 Å². The van der Waals surface area contributed by atoms with Crippen molar-refractivity contribution in [3.05, 3.63) is 88.3 Å². The van der Waals surface area contributed by atoms with E-state index >= 15 is 0 Å². The van der Waals surface area contributed by atoms with Gasteiger partial charge in [0.2, 0.25) is 0 Å². The molecule has 4 nitrogen and oxygen atoms in total. The molecule has 0 aliphatic rings. The predicted molar refractivity (Wildman–Crippen MR) is 105 cm³/mol. The lowest BCUT2D eigenvalue weighted by Gasteiger charge is -2.10. The van der Waals surface area contributed by atoms with Crippen molar-refractivity contribution < 1.29 is 31.1 Å². The molecule has 4 aromatic rings. The average molecular weight is 452 g/mol. The summed E-state index contributed by atoms with van der Waals surface area (Å²) in [5.41, 5.74) is 1.07. The van der Waals surface area contributed by atoms with E-state index in [2.05, 4.69) is 9.72 Å². The number of rotatable bonds is 4. The summed E-state index contributed by atoms with van der Waals surface area (Å²) in [6, 6.07) is 14.7. The quantitative estimate of drug-likeness (QED) is 0.389. The average Bonchev–Trinajstić information content (AvgIpc) is 3.02. The van der Waals surface area contributed by atoms with Crippen LogP contribution < -0.4 is 10.4 Å². The first kappa shape index (κ1) is 21.5. The number of aromatic nitrogens is 2. The molecule has 4 rings (SSSR count). The molecular weight excluding hydrogens is 438 g/mol. The minimum absolute atomic E-state index is 0.0774. The number of aromatic amines is 1. The van der Waals surface area contributed by atoms with Crippen molar-refractivity contribution in [2.24, 2.45) is 0 Å². The van der Waals surface area contributed by atoms with Crippen LogP contribution >= 0.6 is 0 Å². The van der Waals surface area contributed by atoms with Gasteiger partial charge in [-0.15, -0.1) is 13.2 Å². The van der Waals surface area contributed by atoms with Crippen molar-refractivity contribution in [1.82, 2.24) is 9.55 Å². The summed E-state index contributed by atoms with van der Waals surface area (Å²) >= 11 is 0. The van der Waals surface area contributed by atoms with Crippen LogP contribution in [-0.2, 0) is 12.7 Å². The van der Waals surface area contributed by atoms with Gasteiger partial charge in [0.05, 0.1) is 23.1 Å². The molecule has 0 fully saturated rings. The fourth-order valence-electron chi connectivity index (χ4n) is 3.35. The Morgan fingerprint density at radius 2 is 1.53 bits per heavy atom. The highest BCUT2D eigenvalue weighted by Gasteiger charge is 2.31. The number of ether oxygens (including phenoxy) is 1. The number of hydrogen-bond acceptors (Lipinski definition) is 2. The van der Waals surface area contributed by atoms with Gasteiger partial charge in [-0.3, -0.25) is 4.57 Å². The standard InChI is InChI=1S/C22H14F6N2O2/c23-21(24,25)16-3-1-2-14(10-16)15-6-9-19-18(11-15)29-20(31)30(19)12-13-4-7-17(8-5-13)32-22(26,27)28/h1-11H,12H2,(H,29,31). The summed E-state index contributed by atoms with van der Waals surface area (Å²) in [7, 11) is 0. The molecule has 1 aromatic heterocycles. The molecule has 3 aromatic carbocycles. The van der Waals surface area contributed by atoms with Gasteiger partial charge in [0.15, 0.2) is 0 Å². The number of imidazole rings is 1. The fraction of sp³-hybridized carbons (Fsp3) is 0.136. The van der Waals surface area contributed by atoms with E-state index in [-0.39, 0.29) is 12.3 Å². The Bertz CT molecular complexity index is 1320. The SMILES string of the molecule is O=c1[nH]c2cc(-c3cccc(C(F)(F)F)c3)ccc2n1Cc1ccc(OC(F)(F)F)cc1. The number of nitrogens with one attached hydrogen (secondary N) is 1. The molecule has 166 valence electrons. The second-order valence-corrected chi connectivity index (χ2v) is 7.02. The molecule has 0 spiro atoms. The summed E-state index contributed by atoms with van der Waals surface area (Å²) in [5.74, 6) is -0.377. The summed E-state index contributed by atoms with van der Waals surface area (Å²) in [6.07, 6.45) is -9.27. The second-order valence-electron chi connectivity index (χ2n) is 7.02. The summed E-state index contributed by atoms with van der Waals surface area (Å²) in [5, 5.41) is 0. The number of halogens is 6. The number of hydrogen-bond donors (Lipinski definition) is 1. The Hall–Kier alpha value is -3.69. The van der Waals surface area contributed by atoms with Crippen LogP contribution in [0.5, 0.6) is 5.75 Å². The Labute approximate surface area is 176 Å². The second kappa shape index (κ2) is 7.77. The van der Waals surface area contributed by atoms with Crippen LogP contribution in [0.3, 0.4) is 0 Å². The molecule has 0 radical (unpaired) electrons. The number of benzene rings is 3. The van der Waals surface area contributed by atoms with E-state index in [0.29, 0.717) is 27.7 Å². The lowest BCUT2D eigenvalue weighted by atomic mass is 10.0. The Kier molecular flexibility index (Phi) is 5.23. The minimum Gasteiger partial charge on any atom is -0.406 e. The summed E-state index contributed by atoms with van der Waals surface area (Å²) in [4.78, 5) is 15.1. The first-order valence-electron chi connectivity index (χ1n) is 9.24. The maximum Gasteiger partial charge on any atom is 0.573 e. The van der Waals surface area contributed by atoms with Crippen molar-refractivity contribution in [2.45, 2.75) is 19.1 Å². The number of alkyl halides is 6. The zero-order valence-corrected chi connectivity index (χ0v) is 16.1. The van der Waals surface area contributed by atoms with Crippen LogP contribution in [0.25, 0.3) is 22.2 Å². The third kappa shape index (κ3) is 4.63. The van der Waals surface area contributed by atoms with Crippen LogP contribution in [0, 0.1) is 0 Å². The van der Waals surface area contributed by atoms with E-state index in [4.69, 9.17) is 0 Å². The normalized spacial score (nSPS) is 12.3. The Morgan fingerprint density at radius 3 is 2.19 bits per heavy atom. The molecule has 0 bridgehead atoms. The number of nitrogens with zero attached hydrogens (tertiary/aromatic N) is 1. The van der Waals surface area contributed by atoms with Gasteiger partial charge in [0.1, 0.15) is 5.75 Å². The van der Waals surface area contributed by atoms with Gasteiger partial charge in [-0.2, -0.15) is 13.2 Å². The molecule has 0 saturated heterocycles. The predicted octanol–water partition coefficient (Wildman–Crippen LogP) is 5.96. The van der Waals surface area contributed by atoms with Crippen molar-refractivity contribution in [2.75, 3.05) is 0 Å². The van der Waals surface area contributed by atoms with Crippen molar-refractivity contribution in [3.63, 3.8) is 0 Å². The molecule has 0 aliphatic carbocycles. The highest BCUT2D eigenvalue weighted by atomic mass is 19.4. The largest absolute Gasteiger partial charge is 0.573 e. The number of fused-ring (bicyclic) bond motifs is 1. The molecule has 0 aliphatic heterocycles. The molecule has 0 amide bonds. The summed E-state index contributed by atoms with van der Waals surface area (Å²) in [6.45, 7) is 0.0774. The van der Waals surface area contributed by atoms with Gasteiger partial charge in [0, 0.05) is 0 Å². The summed E-state index contributed by atoms with van der Waals surface area (Å²) < 4.78 is 81.0. The molecule has 0 unspecified atom stereocenters. The maximum atomic E-state index is 13.0. The first-order chi connectivity index (χ1) is 15.0. The van der Waals surface area contributed by atoms with Crippen molar-refractivity contribution >= 4 is 11.0 Å². The van der Waals surface area contributed by atoms with Crippen molar-refractivity contribution in [1.29, 1.82) is 0 Å². The van der Waals surface area contributed by atoms with E-state index in [1.807, 2.05) is 0 Å². The van der Waals surface area contributed by atoms with Gasteiger partial charge < -0.3 is 9.72 Å². The molecule has 0 saturated carbocycles. The van der Waals surface area contributed by atoms with E-state index in [1.165, 1.54) is 28.8 Å². The molecule has 1 N–H and O–H groups in total. The third-order valence-electron chi connectivity index (χ3n) is 4.79. The van der Waals surface area contributed by atoms with E-state index in [1.54, 1.807) is 18.2 Å². The Morgan fingerprint density at radius 1 is 0.844 bits per heavy atom. The monoisotopic (exact) mass is 452 g/mol. The van der Waals surface area contributed by atoms with Gasteiger partial charge in [-0.25, -0.2) is 4.79 Å². The van der Waals surface area contributed by atoms with Gasteiger partial charge >= 0.3 is 18.2 Å². The molecular formula is C22H14F6N2O2. The Balaban J connectivity index is 1.63. The van der Waals surface area contributed by atoms with Crippen molar-refractivity contribution in [3.8, 4) is 16.9 Å². The van der Waals surface area contributed by atoms with Crippen LogP contribution in [0.2, 0.25) is 0 Å². The molecule has 0 atom stereocenters. The lowest BCUT2D eigenvalue weighted by molar-refractivity contribution is -0.274. The highest BCUT2D eigenvalue weighted by molar-refractivity contribution is 5.82. The first-order valence-corrected chi connectivity index (χ1v) is 9.24. The lowest BCUT2D eigenvalue weighted by Crippen LogP contribution is -2.18. The smallest absolute Gasteiger partial charge is 0.406 e. The molecule has 1 heterocycles. The van der Waals surface area contributed by atoms with Gasteiger partial charge in [-0.05, 0) is 53.1 Å². The fourth-order valence-corrected chi connectivity index (χ4v) is 3.35. The topological polar surface area (TPSA) is 47.0 Å². The minimum atomic E-state index is -4.80. The molecule has 32 heavy (non-hydrogen) atoms. The third-order valence-corrected chi connectivity index (χ3v) is 4.79. The molecule has 10 heteroatoms. The highest BCUT2D eigenvalue weighted by Crippen LogP contribution is 2.33. The zero-order chi connectivity index (χ0) is 23.1. The number of H-pyrrole nitrogens is 1.